The van der Waals surface area contributed by atoms with Crippen molar-refractivity contribution in [2.75, 3.05) is 19.7 Å². The summed E-state index contributed by atoms with van der Waals surface area (Å²) in [4.78, 5) is 32.1. The standard InChI is InChI=1S/C23H25F6N5O3/c24-15-9-17(26)16(25)7-12(15)6-13(30)8-19(36)32-4-5-34-18(10-32)20(31-22(34)23(27,28)29)21(37)33-3-1-2-14(33)11-35/h7,9,13-14,35H,1-6,8,10-11,30H2. The van der Waals surface area contributed by atoms with Crippen LogP contribution in [0.5, 0.6) is 0 Å². The van der Waals surface area contributed by atoms with Crippen molar-refractivity contribution < 1.29 is 41.0 Å². The number of aliphatic hydroxyl groups is 1. The van der Waals surface area contributed by atoms with Crippen molar-refractivity contribution in [1.82, 2.24) is 19.4 Å². The number of alkyl halides is 3. The van der Waals surface area contributed by atoms with Gasteiger partial charge in [-0.15, -0.1) is 0 Å². The number of nitrogens with zero attached hydrogens (tertiary/aromatic N) is 4. The molecule has 2 aromatic rings. The van der Waals surface area contributed by atoms with E-state index in [2.05, 4.69) is 4.98 Å². The average molecular weight is 533 g/mol. The van der Waals surface area contributed by atoms with Gasteiger partial charge in [0.05, 0.1) is 24.9 Å². The first-order valence-electron chi connectivity index (χ1n) is 11.7. The van der Waals surface area contributed by atoms with E-state index < -0.39 is 59.0 Å². The van der Waals surface area contributed by atoms with Crippen LogP contribution in [0, 0.1) is 17.5 Å². The summed E-state index contributed by atoms with van der Waals surface area (Å²) in [6.07, 6.45) is -4.37. The van der Waals surface area contributed by atoms with Gasteiger partial charge in [-0.3, -0.25) is 9.59 Å². The zero-order valence-electron chi connectivity index (χ0n) is 19.6. The second kappa shape index (κ2) is 10.3. The topological polar surface area (TPSA) is 105 Å². The smallest absolute Gasteiger partial charge is 0.394 e. The Bertz CT molecular complexity index is 1200. The number of hydrogen-bond donors (Lipinski definition) is 2. The van der Waals surface area contributed by atoms with Crippen molar-refractivity contribution in [2.45, 2.75) is 57.0 Å². The normalized spacial score (nSPS) is 18.8. The minimum Gasteiger partial charge on any atom is -0.394 e. The van der Waals surface area contributed by atoms with E-state index >= 15 is 0 Å². The molecule has 0 radical (unpaired) electrons. The van der Waals surface area contributed by atoms with Gasteiger partial charge in [-0.2, -0.15) is 13.2 Å². The predicted octanol–water partition coefficient (Wildman–Crippen LogP) is 2.22. The van der Waals surface area contributed by atoms with Crippen molar-refractivity contribution in [3.05, 3.63) is 52.4 Å². The number of halogens is 6. The Morgan fingerprint density at radius 3 is 2.49 bits per heavy atom. The molecule has 0 spiro atoms. The van der Waals surface area contributed by atoms with Crippen LogP contribution >= 0.6 is 0 Å². The Morgan fingerprint density at radius 2 is 1.81 bits per heavy atom. The van der Waals surface area contributed by atoms with Crippen LogP contribution in [0.15, 0.2) is 12.1 Å². The molecule has 0 saturated carbocycles. The van der Waals surface area contributed by atoms with E-state index in [1.165, 1.54) is 9.80 Å². The number of rotatable bonds is 6. The van der Waals surface area contributed by atoms with Gasteiger partial charge in [0.15, 0.2) is 17.3 Å². The lowest BCUT2D eigenvalue weighted by Gasteiger charge is -2.31. The van der Waals surface area contributed by atoms with Crippen LogP contribution in [0.4, 0.5) is 26.3 Å². The number of hydrogen-bond acceptors (Lipinski definition) is 5. The predicted molar refractivity (Wildman–Crippen MR) is 116 cm³/mol. The number of aliphatic hydroxyl groups excluding tert-OH is 1. The summed E-state index contributed by atoms with van der Waals surface area (Å²) in [7, 11) is 0. The zero-order chi connectivity index (χ0) is 27.1. The first-order chi connectivity index (χ1) is 17.4. The number of amides is 2. The molecule has 2 aliphatic rings. The largest absolute Gasteiger partial charge is 0.449 e. The maximum absolute atomic E-state index is 13.9. The average Bonchev–Trinajstić information content (AvgIpc) is 3.46. The molecule has 1 aromatic heterocycles. The lowest BCUT2D eigenvalue weighted by Crippen LogP contribution is -2.43. The highest BCUT2D eigenvalue weighted by molar-refractivity contribution is 5.94. The van der Waals surface area contributed by atoms with Crippen molar-refractivity contribution in [2.24, 2.45) is 5.73 Å². The first kappa shape index (κ1) is 26.9. The third kappa shape index (κ3) is 5.44. The molecule has 3 N–H and O–H groups in total. The summed E-state index contributed by atoms with van der Waals surface area (Å²) in [5.74, 6) is -6.21. The van der Waals surface area contributed by atoms with Gasteiger partial charge in [0.1, 0.15) is 5.82 Å². The molecule has 1 saturated heterocycles. The van der Waals surface area contributed by atoms with Crippen molar-refractivity contribution in [3.8, 4) is 0 Å². The van der Waals surface area contributed by atoms with Gasteiger partial charge < -0.3 is 25.2 Å². The minimum absolute atomic E-state index is 0.0827. The zero-order valence-corrected chi connectivity index (χ0v) is 19.6. The Labute approximate surface area is 207 Å². The van der Waals surface area contributed by atoms with E-state index in [0.29, 0.717) is 25.0 Å². The Balaban J connectivity index is 1.53. The van der Waals surface area contributed by atoms with Crippen molar-refractivity contribution in [3.63, 3.8) is 0 Å². The summed E-state index contributed by atoms with van der Waals surface area (Å²) in [6, 6.07) is -0.484. The molecule has 0 aliphatic carbocycles. The number of carbonyl (C=O) groups excluding carboxylic acids is 2. The summed E-state index contributed by atoms with van der Waals surface area (Å²) < 4.78 is 82.4. The number of imidazole rings is 1. The van der Waals surface area contributed by atoms with Crippen LogP contribution < -0.4 is 5.73 Å². The van der Waals surface area contributed by atoms with Gasteiger partial charge in [0.2, 0.25) is 11.7 Å². The van der Waals surface area contributed by atoms with Gasteiger partial charge >= 0.3 is 6.18 Å². The second-order valence-electron chi connectivity index (χ2n) is 9.20. The molecule has 1 aromatic carbocycles. The third-order valence-electron chi connectivity index (χ3n) is 6.67. The van der Waals surface area contributed by atoms with Gasteiger partial charge in [-0.1, -0.05) is 0 Å². The fraction of sp³-hybridized carbons (Fsp3) is 0.522. The first-order valence-corrected chi connectivity index (χ1v) is 11.7. The van der Waals surface area contributed by atoms with Crippen LogP contribution in [0.2, 0.25) is 0 Å². The fourth-order valence-electron chi connectivity index (χ4n) is 4.83. The third-order valence-corrected chi connectivity index (χ3v) is 6.67. The van der Waals surface area contributed by atoms with Gasteiger partial charge in [-0.25, -0.2) is 18.2 Å². The van der Waals surface area contributed by atoms with Crippen LogP contribution in [-0.2, 0) is 30.5 Å². The molecule has 2 atom stereocenters. The molecule has 3 heterocycles. The number of fused-ring (bicyclic) bond motifs is 1. The molecule has 8 nitrogen and oxygen atoms in total. The summed E-state index contributed by atoms with van der Waals surface area (Å²) in [5.41, 5.74) is 5.20. The van der Waals surface area contributed by atoms with Crippen LogP contribution in [0.1, 0.15) is 46.8 Å². The number of nitrogens with two attached hydrogens (primary N) is 1. The Hall–Kier alpha value is -3.13. The number of benzene rings is 1. The fourth-order valence-corrected chi connectivity index (χ4v) is 4.83. The maximum atomic E-state index is 13.9. The summed E-state index contributed by atoms with van der Waals surface area (Å²) in [6.45, 7) is -0.807. The quantitative estimate of drug-likeness (QED) is 0.438. The Kier molecular flexibility index (Phi) is 7.51. The van der Waals surface area contributed by atoms with E-state index in [1.54, 1.807) is 0 Å². The molecule has 202 valence electrons. The molecular weight excluding hydrogens is 508 g/mol. The monoisotopic (exact) mass is 533 g/mol. The highest BCUT2D eigenvalue weighted by Crippen LogP contribution is 2.33. The molecule has 2 aliphatic heterocycles. The number of aromatic nitrogens is 2. The highest BCUT2D eigenvalue weighted by atomic mass is 19.4. The van der Waals surface area contributed by atoms with Gasteiger partial charge in [0.25, 0.3) is 5.91 Å². The summed E-state index contributed by atoms with van der Waals surface area (Å²) in [5, 5.41) is 9.53. The molecule has 0 bridgehead atoms. The van der Waals surface area contributed by atoms with Crippen LogP contribution in [0.3, 0.4) is 0 Å². The lowest BCUT2D eigenvalue weighted by molar-refractivity contribution is -0.148. The molecule has 2 amide bonds. The molecule has 37 heavy (non-hydrogen) atoms. The van der Waals surface area contributed by atoms with E-state index in [1.807, 2.05) is 0 Å². The van der Waals surface area contributed by atoms with E-state index in [-0.39, 0.29) is 56.9 Å². The van der Waals surface area contributed by atoms with Crippen LogP contribution in [0.25, 0.3) is 0 Å². The molecule has 2 unspecified atom stereocenters. The van der Waals surface area contributed by atoms with E-state index in [0.717, 1.165) is 4.57 Å². The minimum atomic E-state index is -4.84. The van der Waals surface area contributed by atoms with Crippen molar-refractivity contribution in [1.29, 1.82) is 0 Å². The summed E-state index contributed by atoms with van der Waals surface area (Å²) >= 11 is 0. The molecule has 14 heteroatoms. The van der Waals surface area contributed by atoms with Crippen LogP contribution in [-0.4, -0.2) is 68.1 Å². The van der Waals surface area contributed by atoms with Crippen molar-refractivity contribution >= 4 is 11.8 Å². The number of carbonyl (C=O) groups is 2. The SMILES string of the molecule is NC(CC(=O)N1CCn2c(C(F)(F)F)nc(C(=O)N3CCCC3CO)c2C1)Cc1cc(F)c(F)cc1F. The molecular formula is C23H25F6N5O3. The van der Waals surface area contributed by atoms with Gasteiger partial charge in [-0.05, 0) is 30.9 Å². The number of likely N-dealkylation sites (tertiary alicyclic amines) is 1. The Morgan fingerprint density at radius 1 is 1.11 bits per heavy atom. The molecule has 1 fully saturated rings. The van der Waals surface area contributed by atoms with E-state index in [4.69, 9.17) is 5.73 Å². The van der Waals surface area contributed by atoms with Gasteiger partial charge in [0, 0.05) is 38.2 Å². The molecule has 4 rings (SSSR count). The highest BCUT2D eigenvalue weighted by Gasteiger charge is 2.43. The van der Waals surface area contributed by atoms with E-state index in [9.17, 15) is 41.0 Å². The lowest BCUT2D eigenvalue weighted by atomic mass is 10.0. The second-order valence-corrected chi connectivity index (χ2v) is 9.20. The maximum Gasteiger partial charge on any atom is 0.449 e.